The van der Waals surface area contributed by atoms with E-state index < -0.39 is 12.0 Å². The molecular formula is C34H27BrN2O6S. The molecule has 10 heteroatoms. The molecule has 222 valence electrons. The maximum absolute atomic E-state index is 14.2. The zero-order valence-corrected chi connectivity index (χ0v) is 26.5. The molecule has 44 heavy (non-hydrogen) atoms. The highest BCUT2D eigenvalue weighted by Gasteiger charge is 2.35. The Morgan fingerprint density at radius 2 is 1.75 bits per heavy atom. The average molecular weight is 672 g/mol. The second kappa shape index (κ2) is 12.5. The smallest absolute Gasteiger partial charge is 0.338 e. The van der Waals surface area contributed by atoms with Crippen molar-refractivity contribution in [3.8, 4) is 22.8 Å². The lowest BCUT2D eigenvalue weighted by atomic mass is 9.93. The Labute approximate surface area is 265 Å². The van der Waals surface area contributed by atoms with Gasteiger partial charge in [-0.1, -0.05) is 75.8 Å². The summed E-state index contributed by atoms with van der Waals surface area (Å²) in [4.78, 5) is 33.2. The van der Waals surface area contributed by atoms with E-state index in [1.807, 2.05) is 72.8 Å². The number of hydrogen-bond donors (Lipinski definition) is 0. The summed E-state index contributed by atoms with van der Waals surface area (Å²) in [5, 5.41) is 0. The summed E-state index contributed by atoms with van der Waals surface area (Å²) in [6.45, 7) is 1.90. The predicted octanol–water partition coefficient (Wildman–Crippen LogP) is 5.98. The van der Waals surface area contributed by atoms with E-state index in [1.54, 1.807) is 32.2 Å². The average Bonchev–Trinajstić information content (AvgIpc) is 3.64. The van der Waals surface area contributed by atoms with Crippen LogP contribution in [0.15, 0.2) is 109 Å². The van der Waals surface area contributed by atoms with Gasteiger partial charge < -0.3 is 18.6 Å². The third-order valence-corrected chi connectivity index (χ3v) is 8.58. The number of nitrogens with zero attached hydrogens (tertiary/aromatic N) is 2. The molecule has 6 rings (SSSR count). The number of ether oxygens (including phenoxy) is 3. The van der Waals surface area contributed by atoms with Crippen LogP contribution in [0.5, 0.6) is 11.5 Å². The summed E-state index contributed by atoms with van der Waals surface area (Å²) in [6, 6.07) is 25.4. The lowest BCUT2D eigenvalue weighted by molar-refractivity contribution is -0.138. The molecule has 0 N–H and O–H groups in total. The van der Waals surface area contributed by atoms with Crippen LogP contribution in [-0.4, -0.2) is 31.4 Å². The minimum absolute atomic E-state index is 0.159. The molecule has 0 bridgehead atoms. The van der Waals surface area contributed by atoms with Gasteiger partial charge >= 0.3 is 5.97 Å². The van der Waals surface area contributed by atoms with E-state index >= 15 is 0 Å². The Hall–Kier alpha value is -4.67. The zero-order chi connectivity index (χ0) is 30.8. The molecule has 1 aliphatic rings. The van der Waals surface area contributed by atoms with E-state index in [1.165, 1.54) is 23.0 Å². The van der Waals surface area contributed by atoms with Crippen LogP contribution in [0.25, 0.3) is 23.1 Å². The fraction of sp³-hybridized carbons (Fsp3) is 0.147. The number of furan rings is 1. The van der Waals surface area contributed by atoms with Gasteiger partial charge in [0.15, 0.2) is 16.3 Å². The van der Waals surface area contributed by atoms with Crippen molar-refractivity contribution in [1.29, 1.82) is 0 Å². The Morgan fingerprint density at radius 3 is 2.48 bits per heavy atom. The van der Waals surface area contributed by atoms with Gasteiger partial charge in [0.1, 0.15) is 11.5 Å². The number of methoxy groups -OCH3 is 2. The molecule has 1 atom stereocenters. The van der Waals surface area contributed by atoms with Gasteiger partial charge in [0.25, 0.3) is 5.56 Å². The van der Waals surface area contributed by atoms with Gasteiger partial charge in [-0.3, -0.25) is 9.36 Å². The summed E-state index contributed by atoms with van der Waals surface area (Å²) in [5.41, 5.74) is 2.63. The van der Waals surface area contributed by atoms with Crippen LogP contribution in [-0.2, 0) is 9.53 Å². The Morgan fingerprint density at radius 1 is 0.977 bits per heavy atom. The minimum atomic E-state index is -0.851. The van der Waals surface area contributed by atoms with Crippen molar-refractivity contribution in [2.24, 2.45) is 4.99 Å². The van der Waals surface area contributed by atoms with Crippen LogP contribution in [0, 0.1) is 0 Å². The van der Waals surface area contributed by atoms with Gasteiger partial charge in [-0.25, -0.2) is 9.79 Å². The van der Waals surface area contributed by atoms with Gasteiger partial charge in [0, 0.05) is 21.7 Å². The van der Waals surface area contributed by atoms with Crippen LogP contribution < -0.4 is 24.4 Å². The maximum atomic E-state index is 14.2. The summed E-state index contributed by atoms with van der Waals surface area (Å²) in [5.74, 6) is 1.61. The fourth-order valence-electron chi connectivity index (χ4n) is 5.14. The SMILES string of the molecule is CCOC(=O)C1=C(c2ccccc2)N=c2s/c(=C\c3ccc(-c4cccc(Br)c4)o3)c(=O)n2[C@@H]1c1ccc(OC)c(OC)c1. The largest absolute Gasteiger partial charge is 0.493 e. The predicted molar refractivity (Wildman–Crippen MR) is 172 cm³/mol. The number of benzene rings is 3. The summed E-state index contributed by atoms with van der Waals surface area (Å²) >= 11 is 4.72. The second-order valence-electron chi connectivity index (χ2n) is 9.76. The van der Waals surface area contributed by atoms with E-state index in [4.69, 9.17) is 23.6 Å². The molecule has 3 heterocycles. The van der Waals surface area contributed by atoms with Crippen LogP contribution in [0.1, 0.15) is 29.9 Å². The van der Waals surface area contributed by atoms with Crippen LogP contribution in [0.2, 0.25) is 0 Å². The maximum Gasteiger partial charge on any atom is 0.338 e. The van der Waals surface area contributed by atoms with Crippen LogP contribution >= 0.6 is 27.3 Å². The monoisotopic (exact) mass is 670 g/mol. The number of hydrogen-bond acceptors (Lipinski definition) is 8. The number of halogens is 1. The van der Waals surface area contributed by atoms with E-state index in [9.17, 15) is 9.59 Å². The third-order valence-electron chi connectivity index (χ3n) is 7.11. The minimum Gasteiger partial charge on any atom is -0.493 e. The molecule has 0 unspecified atom stereocenters. The molecule has 5 aromatic rings. The van der Waals surface area contributed by atoms with E-state index in [0.29, 0.717) is 43.6 Å². The number of esters is 1. The van der Waals surface area contributed by atoms with Crippen molar-refractivity contribution in [1.82, 2.24) is 4.57 Å². The molecule has 0 radical (unpaired) electrons. The molecule has 2 aromatic heterocycles. The number of rotatable bonds is 8. The Kier molecular flexibility index (Phi) is 8.36. The summed E-state index contributed by atoms with van der Waals surface area (Å²) < 4.78 is 25.6. The van der Waals surface area contributed by atoms with E-state index in [-0.39, 0.29) is 17.7 Å². The molecule has 3 aromatic carbocycles. The molecule has 0 spiro atoms. The standard InChI is InChI=1S/C34H27BrN2O6S/c1-4-42-33(39)29-30(20-9-6-5-7-10-20)36-34-37(31(29)22-13-15-26(40-2)27(18-22)41-3)32(38)28(44-34)19-24-14-16-25(43-24)21-11-8-12-23(35)17-21/h5-19,31H,4H2,1-3H3/b28-19-/t31-/m1/s1. The first kappa shape index (κ1) is 29.4. The number of aromatic nitrogens is 1. The van der Waals surface area contributed by atoms with Crippen molar-refractivity contribution in [3.05, 3.63) is 132 Å². The number of fused-ring (bicyclic) bond motifs is 1. The first-order valence-electron chi connectivity index (χ1n) is 13.8. The van der Waals surface area contributed by atoms with E-state index in [2.05, 4.69) is 15.9 Å². The summed E-state index contributed by atoms with van der Waals surface area (Å²) in [6.07, 6.45) is 1.70. The molecule has 0 fully saturated rings. The van der Waals surface area contributed by atoms with Crippen molar-refractivity contribution < 1.29 is 23.4 Å². The highest BCUT2D eigenvalue weighted by Crippen LogP contribution is 2.38. The van der Waals surface area contributed by atoms with Gasteiger partial charge in [-0.2, -0.15) is 0 Å². The van der Waals surface area contributed by atoms with Crippen molar-refractivity contribution >= 4 is 45.0 Å². The molecule has 0 saturated heterocycles. The van der Waals surface area contributed by atoms with Crippen molar-refractivity contribution in [2.45, 2.75) is 13.0 Å². The van der Waals surface area contributed by atoms with Crippen LogP contribution in [0.3, 0.4) is 0 Å². The highest BCUT2D eigenvalue weighted by molar-refractivity contribution is 9.10. The lowest BCUT2D eigenvalue weighted by Crippen LogP contribution is -2.40. The number of carbonyl (C=O) groups is 1. The van der Waals surface area contributed by atoms with Gasteiger partial charge in [0.2, 0.25) is 0 Å². The van der Waals surface area contributed by atoms with Crippen molar-refractivity contribution in [3.63, 3.8) is 0 Å². The van der Waals surface area contributed by atoms with Gasteiger partial charge in [-0.15, -0.1) is 0 Å². The third kappa shape index (κ3) is 5.54. The number of carbonyl (C=O) groups excluding carboxylic acids is 1. The van der Waals surface area contributed by atoms with Crippen LogP contribution in [0.4, 0.5) is 0 Å². The molecule has 0 amide bonds. The lowest BCUT2D eigenvalue weighted by Gasteiger charge is -2.26. The second-order valence-corrected chi connectivity index (χ2v) is 11.7. The van der Waals surface area contributed by atoms with Gasteiger partial charge in [-0.05, 0) is 48.9 Å². The number of thiazole rings is 1. The Balaban J connectivity index is 1.58. The van der Waals surface area contributed by atoms with E-state index in [0.717, 1.165) is 15.6 Å². The molecule has 8 nitrogen and oxygen atoms in total. The fourth-order valence-corrected chi connectivity index (χ4v) is 6.52. The summed E-state index contributed by atoms with van der Waals surface area (Å²) in [7, 11) is 3.09. The topological polar surface area (TPSA) is 92.3 Å². The molecule has 0 aliphatic carbocycles. The molecular weight excluding hydrogens is 644 g/mol. The zero-order valence-electron chi connectivity index (χ0n) is 24.1. The quantitative estimate of drug-likeness (QED) is 0.189. The highest BCUT2D eigenvalue weighted by atomic mass is 79.9. The Bertz CT molecular complexity index is 2080. The van der Waals surface area contributed by atoms with Gasteiger partial charge in [0.05, 0.1) is 42.7 Å². The normalized spacial score (nSPS) is 14.6. The van der Waals surface area contributed by atoms with Crippen molar-refractivity contribution in [2.75, 3.05) is 20.8 Å². The molecule has 1 aliphatic heterocycles. The molecule has 0 saturated carbocycles. The first-order chi connectivity index (χ1) is 21.4. The first-order valence-corrected chi connectivity index (χ1v) is 15.4.